The van der Waals surface area contributed by atoms with E-state index < -0.39 is 5.41 Å². The molecule has 0 amide bonds. The second-order valence-corrected chi connectivity index (χ2v) is 21.7. The fraction of sp³-hybridized carbons (Fsp3) is 0.333. The number of benzene rings is 4. The van der Waals surface area contributed by atoms with Crippen LogP contribution >= 0.6 is 46.4 Å². The Kier molecular flexibility index (Phi) is 20.0. The fourth-order valence-corrected chi connectivity index (χ4v) is 11.9. The van der Waals surface area contributed by atoms with Crippen molar-refractivity contribution in [1.29, 1.82) is 0 Å². The van der Waals surface area contributed by atoms with Crippen molar-refractivity contribution in [2.24, 2.45) is 5.92 Å². The van der Waals surface area contributed by atoms with Gasteiger partial charge in [0.2, 0.25) is 0 Å². The molecule has 0 radical (unpaired) electrons. The van der Waals surface area contributed by atoms with Gasteiger partial charge in [-0.05, 0) is 155 Å². The van der Waals surface area contributed by atoms with E-state index in [1.54, 1.807) is 0 Å². The molecule has 0 spiro atoms. The zero-order valence-corrected chi connectivity index (χ0v) is 46.5. The smallest absolute Gasteiger partial charge is 0.129 e. The minimum atomic E-state index is -0.772. The van der Waals surface area contributed by atoms with Crippen molar-refractivity contribution in [3.63, 3.8) is 0 Å². The highest BCUT2D eigenvalue weighted by Crippen LogP contribution is 2.57. The van der Waals surface area contributed by atoms with Gasteiger partial charge in [-0.3, -0.25) is 0 Å². The van der Waals surface area contributed by atoms with Crippen molar-refractivity contribution >= 4 is 46.4 Å². The SMILES string of the molecule is CCCCCc1ccc(C(c2ccc(Cl)nc2)(C(CC(c2ccc(CC)cc2)c2ccc(Cl)nc2)CC(c2ccc(CCC)cc2)c2ccc(Cl)nc2)C(Cc2ccc(Cl)nc2)c2ccc(CCCC)cc2)cc1. The van der Waals surface area contributed by atoms with Crippen molar-refractivity contribution in [2.45, 2.75) is 134 Å². The molecule has 0 N–H and O–H groups in total. The predicted octanol–water partition coefficient (Wildman–Crippen LogP) is 18.8. The van der Waals surface area contributed by atoms with E-state index in [-0.39, 0.29) is 23.7 Å². The molecule has 5 unspecified atom stereocenters. The van der Waals surface area contributed by atoms with E-state index in [1.165, 1.54) is 57.3 Å². The number of pyridine rings is 4. The Labute approximate surface area is 461 Å². The van der Waals surface area contributed by atoms with Gasteiger partial charge in [-0.1, -0.05) is 221 Å². The average Bonchev–Trinajstić information content (AvgIpc) is 3.43. The zero-order chi connectivity index (χ0) is 51.9. The Bertz CT molecular complexity index is 2930. The largest absolute Gasteiger partial charge is 0.244 e. The predicted molar refractivity (Wildman–Crippen MR) is 312 cm³/mol. The van der Waals surface area contributed by atoms with Crippen LogP contribution < -0.4 is 0 Å². The first-order chi connectivity index (χ1) is 36.1. The first-order valence-electron chi connectivity index (χ1n) is 26.9. The topological polar surface area (TPSA) is 51.6 Å². The molecule has 4 heterocycles. The maximum atomic E-state index is 6.88. The first kappa shape index (κ1) is 54.9. The summed E-state index contributed by atoms with van der Waals surface area (Å²) in [7, 11) is 0. The van der Waals surface area contributed by atoms with Crippen LogP contribution in [0.5, 0.6) is 0 Å². The van der Waals surface area contributed by atoms with Crippen LogP contribution in [0.4, 0.5) is 0 Å². The molecular weight excluding hydrogens is 991 g/mol. The van der Waals surface area contributed by atoms with Gasteiger partial charge in [-0.25, -0.2) is 19.9 Å². The lowest BCUT2D eigenvalue weighted by molar-refractivity contribution is 0.220. The minimum Gasteiger partial charge on any atom is -0.244 e. The number of hydrogen-bond acceptors (Lipinski definition) is 4. The van der Waals surface area contributed by atoms with Crippen LogP contribution in [-0.2, 0) is 37.5 Å². The molecular formula is C66H70Cl4N4. The highest BCUT2D eigenvalue weighted by molar-refractivity contribution is 6.30. The highest BCUT2D eigenvalue weighted by atomic mass is 35.5. The Morgan fingerprint density at radius 2 is 0.784 bits per heavy atom. The third-order valence-corrected chi connectivity index (χ3v) is 16.3. The van der Waals surface area contributed by atoms with Crippen molar-refractivity contribution in [3.8, 4) is 0 Å². The number of aromatic nitrogens is 4. The summed E-state index contributed by atoms with van der Waals surface area (Å²) < 4.78 is 0. The van der Waals surface area contributed by atoms with Gasteiger partial charge in [-0.2, -0.15) is 0 Å². The molecule has 0 fully saturated rings. The third kappa shape index (κ3) is 13.7. The molecule has 8 heteroatoms. The van der Waals surface area contributed by atoms with Gasteiger partial charge in [0.15, 0.2) is 0 Å². The lowest BCUT2D eigenvalue weighted by Crippen LogP contribution is -2.45. The van der Waals surface area contributed by atoms with Gasteiger partial charge < -0.3 is 0 Å². The normalized spacial score (nSPS) is 14.0. The molecule has 4 aromatic heterocycles. The Hall–Kier alpha value is -5.36. The molecule has 8 rings (SSSR count). The van der Waals surface area contributed by atoms with Crippen molar-refractivity contribution < 1.29 is 0 Å². The summed E-state index contributed by atoms with van der Waals surface area (Å²) in [6.07, 6.45) is 20.9. The molecule has 0 aliphatic rings. The summed E-state index contributed by atoms with van der Waals surface area (Å²) in [6, 6.07) is 54.1. The zero-order valence-electron chi connectivity index (χ0n) is 43.5. The fourth-order valence-electron chi connectivity index (χ4n) is 11.4. The van der Waals surface area contributed by atoms with E-state index in [2.05, 4.69) is 155 Å². The quantitative estimate of drug-likeness (QED) is 0.0423. The number of nitrogens with zero attached hydrogens (tertiary/aromatic N) is 4. The lowest BCUT2D eigenvalue weighted by atomic mass is 9.52. The van der Waals surface area contributed by atoms with Gasteiger partial charge in [0.25, 0.3) is 0 Å². The van der Waals surface area contributed by atoms with E-state index in [9.17, 15) is 0 Å². The molecule has 0 bridgehead atoms. The second-order valence-electron chi connectivity index (χ2n) is 20.2. The summed E-state index contributed by atoms with van der Waals surface area (Å²) in [5.74, 6) is -0.459. The molecule has 4 nitrogen and oxygen atoms in total. The molecule has 8 aromatic rings. The Morgan fingerprint density at radius 3 is 1.24 bits per heavy atom. The number of rotatable bonds is 25. The van der Waals surface area contributed by atoms with Crippen LogP contribution in [0, 0.1) is 5.92 Å². The monoisotopic (exact) mass is 1060 g/mol. The molecule has 382 valence electrons. The summed E-state index contributed by atoms with van der Waals surface area (Å²) in [4.78, 5) is 19.2. The van der Waals surface area contributed by atoms with E-state index in [1.807, 2.05) is 42.9 Å². The van der Waals surface area contributed by atoms with Crippen LogP contribution in [0.2, 0.25) is 20.6 Å². The minimum absolute atomic E-state index is 0.0888. The molecule has 0 aliphatic carbocycles. The molecule has 0 saturated carbocycles. The van der Waals surface area contributed by atoms with Gasteiger partial charge in [-0.15, -0.1) is 0 Å². The molecule has 74 heavy (non-hydrogen) atoms. The second kappa shape index (κ2) is 26.9. The Morgan fingerprint density at radius 1 is 0.365 bits per heavy atom. The van der Waals surface area contributed by atoms with Gasteiger partial charge in [0, 0.05) is 48.0 Å². The van der Waals surface area contributed by atoms with Crippen molar-refractivity contribution in [3.05, 3.63) is 258 Å². The number of aryl methyl sites for hydroxylation is 4. The molecule has 0 aliphatic heterocycles. The van der Waals surface area contributed by atoms with Crippen LogP contribution in [0.15, 0.2) is 170 Å². The van der Waals surface area contributed by atoms with Crippen LogP contribution in [0.1, 0.15) is 164 Å². The van der Waals surface area contributed by atoms with Crippen LogP contribution in [-0.4, -0.2) is 19.9 Å². The molecule has 5 atom stereocenters. The molecule has 0 saturated heterocycles. The highest BCUT2D eigenvalue weighted by Gasteiger charge is 2.50. The maximum Gasteiger partial charge on any atom is 0.129 e. The lowest BCUT2D eigenvalue weighted by Gasteiger charge is -2.50. The first-order valence-corrected chi connectivity index (χ1v) is 28.4. The van der Waals surface area contributed by atoms with E-state index in [4.69, 9.17) is 66.3 Å². The van der Waals surface area contributed by atoms with Gasteiger partial charge in [0.05, 0.1) is 0 Å². The third-order valence-electron chi connectivity index (χ3n) is 15.4. The van der Waals surface area contributed by atoms with Crippen molar-refractivity contribution in [1.82, 2.24) is 19.9 Å². The number of unbranched alkanes of at least 4 members (excludes halogenated alkanes) is 3. The maximum absolute atomic E-state index is 6.88. The van der Waals surface area contributed by atoms with E-state index in [0.29, 0.717) is 27.0 Å². The van der Waals surface area contributed by atoms with Crippen molar-refractivity contribution in [2.75, 3.05) is 0 Å². The van der Waals surface area contributed by atoms with Gasteiger partial charge in [0.1, 0.15) is 20.6 Å². The van der Waals surface area contributed by atoms with E-state index >= 15 is 0 Å². The van der Waals surface area contributed by atoms with E-state index in [0.717, 1.165) is 86.5 Å². The average molecular weight is 1060 g/mol. The summed E-state index contributed by atoms with van der Waals surface area (Å²) in [5, 5.41) is 1.84. The summed E-state index contributed by atoms with van der Waals surface area (Å²) >= 11 is 26.7. The molecule has 4 aromatic carbocycles. The summed E-state index contributed by atoms with van der Waals surface area (Å²) in [6.45, 7) is 8.97. The van der Waals surface area contributed by atoms with Crippen LogP contribution in [0.3, 0.4) is 0 Å². The van der Waals surface area contributed by atoms with Gasteiger partial charge >= 0.3 is 0 Å². The number of halogens is 4. The van der Waals surface area contributed by atoms with Crippen LogP contribution in [0.25, 0.3) is 0 Å². The number of hydrogen-bond donors (Lipinski definition) is 0. The summed E-state index contributed by atoms with van der Waals surface area (Å²) in [5.41, 5.74) is 13.8. The standard InChI is InChI=1S/C66H70Cl4N4/c1-5-9-11-14-49-21-32-56(33-22-49)66(57-34-38-65(70)74-45-57,61(39-50-23-35-62(67)71-42-50)53-28-19-48(20-29-53)13-10-6-2)58(40-59(54-30-36-63(68)72-43-54)51-24-15-46(8-4)16-25-51)41-60(55-31-37-64(69)73-44-55)52-26-17-47(12-7-3)18-27-52/h15-38,42-45,58-61H,5-14,39-41H2,1-4H3. The Balaban J connectivity index is 1.49.